The highest BCUT2D eigenvalue weighted by Crippen LogP contribution is 2.30. The van der Waals surface area contributed by atoms with E-state index in [0.29, 0.717) is 5.56 Å². The number of nitrogens with two attached hydrogens (primary N) is 1. The van der Waals surface area contributed by atoms with Crippen LogP contribution in [0.25, 0.3) is 11.1 Å². The second-order valence-electron chi connectivity index (χ2n) is 5.93. The number of thiazole rings is 1. The van der Waals surface area contributed by atoms with E-state index >= 15 is 0 Å². The first kappa shape index (κ1) is 16.3. The van der Waals surface area contributed by atoms with Crippen LogP contribution in [-0.4, -0.2) is 15.9 Å². The second-order valence-corrected chi connectivity index (χ2v) is 6.91. The Morgan fingerprint density at radius 1 is 1.12 bits per heavy atom. The van der Waals surface area contributed by atoms with Crippen molar-refractivity contribution in [2.75, 3.05) is 0 Å². The third-order valence-corrected chi connectivity index (χ3v) is 4.71. The monoisotopic (exact) mass is 337 g/mol. The molecule has 0 aliphatic carbocycles. The smallest absolute Gasteiger partial charge is 0.248 e. The van der Waals surface area contributed by atoms with E-state index < -0.39 is 5.91 Å². The van der Waals surface area contributed by atoms with Crippen molar-refractivity contribution in [3.63, 3.8) is 0 Å². The van der Waals surface area contributed by atoms with Gasteiger partial charge >= 0.3 is 0 Å². The molecule has 0 spiro atoms. The molecular formula is C19H19N3OS. The molecule has 0 unspecified atom stereocenters. The van der Waals surface area contributed by atoms with Gasteiger partial charge in [-0.25, -0.2) is 4.98 Å². The van der Waals surface area contributed by atoms with E-state index in [1.807, 2.05) is 56.6 Å². The van der Waals surface area contributed by atoms with Gasteiger partial charge in [-0.05, 0) is 61.2 Å². The summed E-state index contributed by atoms with van der Waals surface area (Å²) in [5.41, 5.74) is 12.1. The van der Waals surface area contributed by atoms with E-state index in [1.165, 1.54) is 0 Å². The summed E-state index contributed by atoms with van der Waals surface area (Å²) in [5.74, 6) is -0.406. The predicted molar refractivity (Wildman–Crippen MR) is 97.3 cm³/mol. The van der Waals surface area contributed by atoms with Crippen molar-refractivity contribution in [3.05, 3.63) is 68.9 Å². The van der Waals surface area contributed by atoms with Gasteiger partial charge in [0.05, 0.1) is 5.01 Å². The minimum absolute atomic E-state index is 0.406. The summed E-state index contributed by atoms with van der Waals surface area (Å²) in [6.07, 6.45) is 2.54. The molecule has 0 radical (unpaired) electrons. The standard InChI is InChI=1S/C19H19N3OS/c1-11-6-14(9-18-21-4-5-24-18)17(10-16(11)19(20)23)15-7-12(2)22-13(3)8-15/h4-8,10H,9H2,1-3H3,(H2,20,23). The Kier molecular flexibility index (Phi) is 4.44. The first-order valence-corrected chi connectivity index (χ1v) is 8.59. The minimum atomic E-state index is -0.406. The van der Waals surface area contributed by atoms with E-state index in [4.69, 9.17) is 5.73 Å². The minimum Gasteiger partial charge on any atom is -0.366 e. The van der Waals surface area contributed by atoms with Gasteiger partial charge in [0.2, 0.25) is 5.91 Å². The Labute approximate surface area is 145 Å². The first-order chi connectivity index (χ1) is 11.4. The summed E-state index contributed by atoms with van der Waals surface area (Å²) >= 11 is 1.63. The van der Waals surface area contributed by atoms with Crippen LogP contribution >= 0.6 is 11.3 Å². The maximum Gasteiger partial charge on any atom is 0.248 e. The van der Waals surface area contributed by atoms with Crippen LogP contribution in [-0.2, 0) is 6.42 Å². The van der Waals surface area contributed by atoms with Crippen LogP contribution < -0.4 is 5.73 Å². The fraction of sp³-hybridized carbons (Fsp3) is 0.211. The van der Waals surface area contributed by atoms with Crippen molar-refractivity contribution in [1.29, 1.82) is 0 Å². The zero-order valence-electron chi connectivity index (χ0n) is 14.0. The number of hydrogen-bond donors (Lipinski definition) is 1. The number of pyridine rings is 1. The summed E-state index contributed by atoms with van der Waals surface area (Å²) < 4.78 is 0. The summed E-state index contributed by atoms with van der Waals surface area (Å²) in [5, 5.41) is 3.02. The number of primary amides is 1. The largest absolute Gasteiger partial charge is 0.366 e. The van der Waals surface area contributed by atoms with Crippen LogP contribution in [0, 0.1) is 20.8 Å². The lowest BCUT2D eigenvalue weighted by atomic mass is 9.92. The Bertz CT molecular complexity index is 881. The molecule has 0 fully saturated rings. The molecule has 3 aromatic rings. The molecular weight excluding hydrogens is 318 g/mol. The molecule has 3 rings (SSSR count). The Morgan fingerprint density at radius 2 is 1.83 bits per heavy atom. The number of carbonyl (C=O) groups excluding carboxylic acids is 1. The van der Waals surface area contributed by atoms with Gasteiger partial charge < -0.3 is 5.73 Å². The lowest BCUT2D eigenvalue weighted by molar-refractivity contribution is 0.1000. The summed E-state index contributed by atoms with van der Waals surface area (Å²) in [7, 11) is 0. The first-order valence-electron chi connectivity index (χ1n) is 7.71. The number of carbonyl (C=O) groups is 1. The molecule has 0 saturated carbocycles. The molecule has 5 heteroatoms. The van der Waals surface area contributed by atoms with Crippen LogP contribution in [0.3, 0.4) is 0 Å². The highest BCUT2D eigenvalue weighted by molar-refractivity contribution is 7.09. The molecule has 0 atom stereocenters. The van der Waals surface area contributed by atoms with Crippen LogP contribution in [0.15, 0.2) is 35.8 Å². The van der Waals surface area contributed by atoms with Gasteiger partial charge in [0, 0.05) is 34.9 Å². The Morgan fingerprint density at radius 3 is 2.42 bits per heavy atom. The molecule has 24 heavy (non-hydrogen) atoms. The molecule has 1 amide bonds. The quantitative estimate of drug-likeness (QED) is 0.787. The van der Waals surface area contributed by atoms with Gasteiger partial charge in [0.1, 0.15) is 0 Å². The van der Waals surface area contributed by atoms with Crippen LogP contribution in [0.5, 0.6) is 0 Å². The third-order valence-electron chi connectivity index (χ3n) is 3.93. The molecule has 0 aliphatic rings. The molecule has 0 bridgehead atoms. The van der Waals surface area contributed by atoms with Crippen molar-refractivity contribution in [3.8, 4) is 11.1 Å². The van der Waals surface area contributed by atoms with Gasteiger partial charge in [0.25, 0.3) is 0 Å². The number of rotatable bonds is 4. The molecule has 1 aromatic carbocycles. The zero-order valence-corrected chi connectivity index (χ0v) is 14.8. The van der Waals surface area contributed by atoms with E-state index in [2.05, 4.69) is 9.97 Å². The number of hydrogen-bond acceptors (Lipinski definition) is 4. The lowest BCUT2D eigenvalue weighted by Gasteiger charge is -2.14. The zero-order chi connectivity index (χ0) is 17.3. The highest BCUT2D eigenvalue weighted by atomic mass is 32.1. The molecule has 2 heterocycles. The summed E-state index contributed by atoms with van der Waals surface area (Å²) in [6, 6.07) is 8.01. The fourth-order valence-electron chi connectivity index (χ4n) is 2.94. The van der Waals surface area contributed by atoms with Crippen molar-refractivity contribution in [2.45, 2.75) is 27.2 Å². The van der Waals surface area contributed by atoms with Crippen molar-refractivity contribution in [2.24, 2.45) is 5.73 Å². The van der Waals surface area contributed by atoms with Crippen molar-refractivity contribution in [1.82, 2.24) is 9.97 Å². The molecule has 2 aromatic heterocycles. The number of benzene rings is 1. The van der Waals surface area contributed by atoms with E-state index in [0.717, 1.165) is 45.1 Å². The Hall–Kier alpha value is -2.53. The van der Waals surface area contributed by atoms with E-state index in [1.54, 1.807) is 11.3 Å². The van der Waals surface area contributed by atoms with Crippen LogP contribution in [0.1, 0.15) is 37.9 Å². The topological polar surface area (TPSA) is 68.9 Å². The van der Waals surface area contributed by atoms with Crippen molar-refractivity contribution < 1.29 is 4.79 Å². The third kappa shape index (κ3) is 3.36. The fourth-order valence-corrected chi connectivity index (χ4v) is 3.58. The maximum atomic E-state index is 11.8. The highest BCUT2D eigenvalue weighted by Gasteiger charge is 2.14. The summed E-state index contributed by atoms with van der Waals surface area (Å²) in [6.45, 7) is 5.86. The Balaban J connectivity index is 2.19. The SMILES string of the molecule is Cc1cc(-c2cc(C(N)=O)c(C)cc2Cc2nccs2)cc(C)n1. The summed E-state index contributed by atoms with van der Waals surface area (Å²) in [4.78, 5) is 20.6. The lowest BCUT2D eigenvalue weighted by Crippen LogP contribution is -2.13. The number of nitrogens with zero attached hydrogens (tertiary/aromatic N) is 2. The van der Waals surface area contributed by atoms with E-state index in [-0.39, 0.29) is 0 Å². The molecule has 2 N–H and O–H groups in total. The molecule has 0 saturated heterocycles. The molecule has 122 valence electrons. The molecule has 0 aliphatic heterocycles. The van der Waals surface area contributed by atoms with Gasteiger partial charge in [0.15, 0.2) is 0 Å². The number of aryl methyl sites for hydroxylation is 3. The van der Waals surface area contributed by atoms with Crippen LogP contribution in [0.2, 0.25) is 0 Å². The average molecular weight is 337 g/mol. The maximum absolute atomic E-state index is 11.8. The number of amides is 1. The molecule has 4 nitrogen and oxygen atoms in total. The van der Waals surface area contributed by atoms with Gasteiger partial charge in [-0.15, -0.1) is 11.3 Å². The second kappa shape index (κ2) is 6.53. The van der Waals surface area contributed by atoms with Gasteiger partial charge in [-0.1, -0.05) is 6.07 Å². The van der Waals surface area contributed by atoms with E-state index in [9.17, 15) is 4.79 Å². The predicted octanol–water partition coefficient (Wildman–Crippen LogP) is 3.82. The average Bonchev–Trinajstić information content (AvgIpc) is 2.99. The van der Waals surface area contributed by atoms with Crippen molar-refractivity contribution >= 4 is 17.2 Å². The van der Waals surface area contributed by atoms with Gasteiger partial charge in [-0.2, -0.15) is 0 Å². The van der Waals surface area contributed by atoms with Gasteiger partial charge in [-0.3, -0.25) is 9.78 Å². The van der Waals surface area contributed by atoms with Crippen LogP contribution in [0.4, 0.5) is 0 Å². The number of aromatic nitrogens is 2. The normalized spacial score (nSPS) is 10.8.